The second-order valence-corrected chi connectivity index (χ2v) is 2.52. The Kier molecular flexibility index (Phi) is 3.12. The predicted molar refractivity (Wildman–Crippen MR) is 38.8 cm³/mol. The van der Waals surface area contributed by atoms with Crippen LogP contribution in [-0.2, 0) is 9.47 Å². The van der Waals surface area contributed by atoms with Gasteiger partial charge in [-0.05, 0) is 13.3 Å². The van der Waals surface area contributed by atoms with Crippen LogP contribution in [0.15, 0.2) is 0 Å². The van der Waals surface area contributed by atoms with Crippen molar-refractivity contribution >= 4 is 0 Å². The average Bonchev–Trinajstić information content (AvgIpc) is 1.94. The predicted octanol–water partition coefficient (Wildman–Crippen LogP) is 0.139. The lowest BCUT2D eigenvalue weighted by molar-refractivity contribution is -0.0420. The lowest BCUT2D eigenvalue weighted by atomic mass is 10.1. The maximum Gasteiger partial charge on any atom is 0.0770 e. The molecule has 2 N–H and O–H groups in total. The van der Waals surface area contributed by atoms with Gasteiger partial charge in [-0.25, -0.2) is 0 Å². The molecule has 1 saturated heterocycles. The van der Waals surface area contributed by atoms with Gasteiger partial charge in [0.05, 0.1) is 18.8 Å². The Balaban J connectivity index is 2.25. The van der Waals surface area contributed by atoms with E-state index in [1.54, 1.807) is 0 Å². The lowest BCUT2D eigenvalue weighted by Crippen LogP contribution is -2.44. The van der Waals surface area contributed by atoms with Gasteiger partial charge in [0.15, 0.2) is 0 Å². The second-order valence-electron chi connectivity index (χ2n) is 2.52. The maximum atomic E-state index is 5.72. The monoisotopic (exact) mass is 145 g/mol. The molecule has 0 aromatic rings. The lowest BCUT2D eigenvalue weighted by Gasteiger charge is -2.28. The van der Waals surface area contributed by atoms with Crippen molar-refractivity contribution in [2.24, 2.45) is 5.73 Å². The molecule has 0 unspecified atom stereocenters. The minimum absolute atomic E-state index is 0.0775. The summed E-state index contributed by atoms with van der Waals surface area (Å²) >= 11 is 0. The topological polar surface area (TPSA) is 44.5 Å². The summed E-state index contributed by atoms with van der Waals surface area (Å²) in [6, 6.07) is 0.0775. The molecule has 0 amide bonds. The van der Waals surface area contributed by atoms with E-state index in [0.29, 0.717) is 6.61 Å². The Bertz CT molecular complexity index is 95.6. The van der Waals surface area contributed by atoms with Crippen molar-refractivity contribution in [2.45, 2.75) is 25.5 Å². The van der Waals surface area contributed by atoms with Gasteiger partial charge >= 0.3 is 0 Å². The van der Waals surface area contributed by atoms with E-state index >= 15 is 0 Å². The maximum absolute atomic E-state index is 5.72. The van der Waals surface area contributed by atoms with Gasteiger partial charge in [-0.2, -0.15) is 0 Å². The minimum Gasteiger partial charge on any atom is -0.380 e. The molecule has 10 heavy (non-hydrogen) atoms. The van der Waals surface area contributed by atoms with E-state index in [4.69, 9.17) is 15.2 Å². The molecule has 60 valence electrons. The first-order valence-corrected chi connectivity index (χ1v) is 3.79. The van der Waals surface area contributed by atoms with Gasteiger partial charge in [-0.3, -0.25) is 0 Å². The van der Waals surface area contributed by atoms with Crippen LogP contribution in [0, 0.1) is 0 Å². The molecule has 0 spiro atoms. The van der Waals surface area contributed by atoms with E-state index in [-0.39, 0.29) is 12.1 Å². The van der Waals surface area contributed by atoms with Crippen molar-refractivity contribution in [2.75, 3.05) is 19.8 Å². The molecule has 1 rings (SSSR count). The van der Waals surface area contributed by atoms with Crippen molar-refractivity contribution in [1.29, 1.82) is 0 Å². The van der Waals surface area contributed by atoms with Gasteiger partial charge in [-0.1, -0.05) is 0 Å². The Hall–Kier alpha value is -0.120. The Morgan fingerprint density at radius 1 is 1.70 bits per heavy atom. The van der Waals surface area contributed by atoms with Crippen molar-refractivity contribution in [1.82, 2.24) is 0 Å². The van der Waals surface area contributed by atoms with Gasteiger partial charge in [0.1, 0.15) is 0 Å². The van der Waals surface area contributed by atoms with Gasteiger partial charge in [0.2, 0.25) is 0 Å². The van der Waals surface area contributed by atoms with Crippen LogP contribution in [0.5, 0.6) is 0 Å². The van der Waals surface area contributed by atoms with E-state index in [2.05, 4.69) is 0 Å². The van der Waals surface area contributed by atoms with E-state index in [0.717, 1.165) is 19.6 Å². The Morgan fingerprint density at radius 3 is 3.10 bits per heavy atom. The van der Waals surface area contributed by atoms with Crippen molar-refractivity contribution < 1.29 is 9.47 Å². The van der Waals surface area contributed by atoms with Crippen molar-refractivity contribution in [3.63, 3.8) is 0 Å². The molecule has 0 radical (unpaired) electrons. The third kappa shape index (κ3) is 1.94. The molecule has 3 nitrogen and oxygen atoms in total. The van der Waals surface area contributed by atoms with E-state index < -0.39 is 0 Å². The molecule has 1 heterocycles. The van der Waals surface area contributed by atoms with Crippen LogP contribution < -0.4 is 5.73 Å². The van der Waals surface area contributed by atoms with E-state index in [1.807, 2.05) is 6.92 Å². The molecule has 1 fully saturated rings. The third-order valence-electron chi connectivity index (χ3n) is 1.72. The molecule has 1 aliphatic rings. The van der Waals surface area contributed by atoms with E-state index in [1.165, 1.54) is 0 Å². The first-order valence-electron chi connectivity index (χ1n) is 3.79. The minimum atomic E-state index is 0.0775. The summed E-state index contributed by atoms with van der Waals surface area (Å²) in [7, 11) is 0. The zero-order valence-corrected chi connectivity index (χ0v) is 6.38. The van der Waals surface area contributed by atoms with Crippen LogP contribution in [0.2, 0.25) is 0 Å². The third-order valence-corrected chi connectivity index (χ3v) is 1.72. The largest absolute Gasteiger partial charge is 0.380 e. The van der Waals surface area contributed by atoms with Crippen molar-refractivity contribution in [3.8, 4) is 0 Å². The van der Waals surface area contributed by atoms with Gasteiger partial charge in [-0.15, -0.1) is 0 Å². The fraction of sp³-hybridized carbons (Fsp3) is 1.00. The molecular weight excluding hydrogens is 130 g/mol. The number of rotatable bonds is 2. The summed E-state index contributed by atoms with van der Waals surface area (Å²) in [5, 5.41) is 0. The van der Waals surface area contributed by atoms with Crippen LogP contribution in [0.4, 0.5) is 0 Å². The van der Waals surface area contributed by atoms with Crippen molar-refractivity contribution in [3.05, 3.63) is 0 Å². The molecule has 0 aliphatic carbocycles. The Morgan fingerprint density at radius 2 is 2.50 bits per heavy atom. The summed E-state index contributed by atoms with van der Waals surface area (Å²) in [6.45, 7) is 4.17. The molecule has 0 aromatic heterocycles. The summed E-state index contributed by atoms with van der Waals surface area (Å²) in [5.74, 6) is 0. The number of nitrogens with two attached hydrogens (primary N) is 1. The summed E-state index contributed by atoms with van der Waals surface area (Å²) in [5.41, 5.74) is 5.72. The van der Waals surface area contributed by atoms with Crippen LogP contribution in [-0.4, -0.2) is 32.0 Å². The zero-order chi connectivity index (χ0) is 7.40. The van der Waals surface area contributed by atoms with Crippen LogP contribution >= 0.6 is 0 Å². The van der Waals surface area contributed by atoms with Crippen LogP contribution in [0.3, 0.4) is 0 Å². The molecule has 0 bridgehead atoms. The highest BCUT2D eigenvalue weighted by Gasteiger charge is 2.21. The zero-order valence-electron chi connectivity index (χ0n) is 6.38. The fourth-order valence-corrected chi connectivity index (χ4v) is 1.16. The number of hydrogen-bond donors (Lipinski definition) is 1. The molecule has 0 saturated carbocycles. The molecule has 3 heteroatoms. The average molecular weight is 145 g/mol. The van der Waals surface area contributed by atoms with Crippen LogP contribution in [0.1, 0.15) is 13.3 Å². The fourth-order valence-electron chi connectivity index (χ4n) is 1.16. The first-order chi connectivity index (χ1) is 4.84. The SMILES string of the molecule is CCO[C@@H]1CCOC[C@H]1N. The number of ether oxygens (including phenoxy) is 2. The van der Waals surface area contributed by atoms with E-state index in [9.17, 15) is 0 Å². The van der Waals surface area contributed by atoms with Gasteiger partial charge in [0.25, 0.3) is 0 Å². The Labute approximate surface area is 61.5 Å². The first kappa shape index (κ1) is 7.98. The normalized spacial score (nSPS) is 34.2. The highest BCUT2D eigenvalue weighted by molar-refractivity contribution is 4.76. The molecule has 2 atom stereocenters. The van der Waals surface area contributed by atoms with Gasteiger partial charge < -0.3 is 15.2 Å². The summed E-state index contributed by atoms with van der Waals surface area (Å²) in [6.07, 6.45) is 1.16. The smallest absolute Gasteiger partial charge is 0.0770 e. The standard InChI is InChI=1S/C7H15NO2/c1-2-10-7-3-4-9-5-6(7)8/h6-7H,2-5,8H2,1H3/t6-,7-/m1/s1. The molecule has 0 aromatic carbocycles. The second kappa shape index (κ2) is 3.91. The molecule has 1 aliphatic heterocycles. The molecular formula is C7H15NO2. The highest BCUT2D eigenvalue weighted by Crippen LogP contribution is 2.09. The van der Waals surface area contributed by atoms with Gasteiger partial charge in [0, 0.05) is 13.2 Å². The quantitative estimate of drug-likeness (QED) is 0.601. The highest BCUT2D eigenvalue weighted by atomic mass is 16.5. The number of hydrogen-bond acceptors (Lipinski definition) is 3. The summed E-state index contributed by atoms with van der Waals surface area (Å²) < 4.78 is 10.5. The summed E-state index contributed by atoms with van der Waals surface area (Å²) in [4.78, 5) is 0. The van der Waals surface area contributed by atoms with Crippen LogP contribution in [0.25, 0.3) is 0 Å².